The van der Waals surface area contributed by atoms with Crippen LogP contribution < -0.4 is 0 Å². The molecule has 2 aromatic carbocycles. The molecule has 39 heavy (non-hydrogen) atoms. The molecule has 1 N–H and O–H groups in total. The molecule has 0 radical (unpaired) electrons. The minimum Gasteiger partial charge on any atom is -0.343 e. The van der Waals surface area contributed by atoms with Gasteiger partial charge in [-0.2, -0.15) is 0 Å². The van der Waals surface area contributed by atoms with Gasteiger partial charge in [-0.15, -0.1) is 0 Å². The van der Waals surface area contributed by atoms with E-state index in [1.807, 2.05) is 17.0 Å². The Balaban J connectivity index is 1.38. The maximum atomic E-state index is 13.6. The van der Waals surface area contributed by atoms with Gasteiger partial charge < -0.3 is 19.7 Å². The number of amides is 3. The second kappa shape index (κ2) is 11.4. The summed E-state index contributed by atoms with van der Waals surface area (Å²) in [7, 11) is 1.77. The number of aromatic amines is 1. The maximum absolute atomic E-state index is 13.6. The summed E-state index contributed by atoms with van der Waals surface area (Å²) in [5, 5.41) is 1.42. The van der Waals surface area contributed by atoms with Gasteiger partial charge in [0.2, 0.25) is 11.8 Å². The van der Waals surface area contributed by atoms with Crippen LogP contribution in [0.3, 0.4) is 0 Å². The van der Waals surface area contributed by atoms with E-state index in [0.717, 1.165) is 11.1 Å². The zero-order valence-corrected chi connectivity index (χ0v) is 24.1. The first-order valence-electron chi connectivity index (χ1n) is 13.0. The standard InChI is InChI=1S/C28H30Cl3N5O3/c1-16(37)35-10-7-17(8-11-35)27(38)36-12-9-25(20(15-36)18-3-5-21(30)22(31)13-18)34(2)28(39)26-32-23-6-4-19(29)14-24(23)33-26/h3-6,13-14,17,20,25H,7-12,15H2,1-2H3,(H,32,33). The molecule has 206 valence electrons. The average molecular weight is 591 g/mol. The van der Waals surface area contributed by atoms with E-state index in [-0.39, 0.29) is 41.4 Å². The minimum absolute atomic E-state index is 0.0432. The van der Waals surface area contributed by atoms with Gasteiger partial charge in [-0.3, -0.25) is 14.4 Å². The molecule has 8 nitrogen and oxygen atoms in total. The van der Waals surface area contributed by atoms with Crippen LogP contribution in [-0.2, 0) is 9.59 Å². The summed E-state index contributed by atoms with van der Waals surface area (Å²) in [6.07, 6.45) is 1.91. The molecule has 3 amide bonds. The summed E-state index contributed by atoms with van der Waals surface area (Å²) < 4.78 is 0. The molecule has 5 rings (SSSR count). The SMILES string of the molecule is CC(=O)N1CCC(C(=O)N2CCC(N(C)C(=O)c3nc4cc(Cl)ccc4[nH]3)C(c3ccc(Cl)c(Cl)c3)C2)CC1. The van der Waals surface area contributed by atoms with Crippen molar-refractivity contribution in [2.45, 2.75) is 38.1 Å². The smallest absolute Gasteiger partial charge is 0.289 e. The lowest BCUT2D eigenvalue weighted by Crippen LogP contribution is -2.53. The number of likely N-dealkylation sites (tertiary alicyclic amines) is 2. The summed E-state index contributed by atoms with van der Waals surface area (Å²) in [6, 6.07) is 10.5. The Kier molecular flexibility index (Phi) is 8.08. The molecule has 3 aromatic rings. The number of likely N-dealkylation sites (N-methyl/N-ethyl adjacent to an activating group) is 1. The van der Waals surface area contributed by atoms with Gasteiger partial charge in [0.25, 0.3) is 5.91 Å². The first-order valence-corrected chi connectivity index (χ1v) is 14.2. The second-order valence-corrected chi connectivity index (χ2v) is 11.6. The van der Waals surface area contributed by atoms with E-state index in [4.69, 9.17) is 34.8 Å². The summed E-state index contributed by atoms with van der Waals surface area (Å²) in [5.74, 6) is -0.158. The van der Waals surface area contributed by atoms with E-state index in [2.05, 4.69) is 9.97 Å². The van der Waals surface area contributed by atoms with Crippen LogP contribution in [0.1, 0.15) is 48.3 Å². The van der Waals surface area contributed by atoms with Crippen molar-refractivity contribution in [1.29, 1.82) is 0 Å². The number of benzene rings is 2. The number of H-pyrrole nitrogens is 1. The Morgan fingerprint density at radius 1 is 0.949 bits per heavy atom. The zero-order chi connectivity index (χ0) is 27.8. The van der Waals surface area contributed by atoms with Gasteiger partial charge in [0.1, 0.15) is 0 Å². The van der Waals surface area contributed by atoms with Crippen molar-refractivity contribution in [3.8, 4) is 0 Å². The molecule has 0 saturated carbocycles. The van der Waals surface area contributed by atoms with Gasteiger partial charge in [0.05, 0.1) is 21.1 Å². The zero-order valence-electron chi connectivity index (χ0n) is 21.8. The Hall–Kier alpha value is -2.81. The number of carbonyl (C=O) groups excluding carboxylic acids is 3. The number of nitrogens with zero attached hydrogens (tertiary/aromatic N) is 4. The largest absolute Gasteiger partial charge is 0.343 e. The third-order valence-electron chi connectivity index (χ3n) is 8.01. The predicted octanol–water partition coefficient (Wildman–Crippen LogP) is 5.24. The molecular formula is C28H30Cl3N5O3. The predicted molar refractivity (Wildman–Crippen MR) is 152 cm³/mol. The van der Waals surface area contributed by atoms with Crippen molar-refractivity contribution in [3.63, 3.8) is 0 Å². The Bertz CT molecular complexity index is 1420. The van der Waals surface area contributed by atoms with Crippen molar-refractivity contribution < 1.29 is 14.4 Å². The topological polar surface area (TPSA) is 89.6 Å². The molecule has 2 unspecified atom stereocenters. The first-order chi connectivity index (χ1) is 18.6. The molecule has 3 heterocycles. The van der Waals surface area contributed by atoms with Gasteiger partial charge in [-0.25, -0.2) is 4.98 Å². The van der Waals surface area contributed by atoms with Gasteiger partial charge in [-0.05, 0) is 55.2 Å². The molecule has 1 aromatic heterocycles. The van der Waals surface area contributed by atoms with Crippen LogP contribution in [0.15, 0.2) is 36.4 Å². The first kappa shape index (κ1) is 27.7. The monoisotopic (exact) mass is 589 g/mol. The highest BCUT2D eigenvalue weighted by Gasteiger charge is 2.39. The number of nitrogens with one attached hydrogen (secondary N) is 1. The molecule has 2 atom stereocenters. The van der Waals surface area contributed by atoms with Crippen molar-refractivity contribution in [1.82, 2.24) is 24.7 Å². The summed E-state index contributed by atoms with van der Waals surface area (Å²) in [5.41, 5.74) is 2.26. The van der Waals surface area contributed by atoms with Crippen molar-refractivity contribution >= 4 is 63.6 Å². The lowest BCUT2D eigenvalue weighted by Gasteiger charge is -2.44. The normalized spacial score (nSPS) is 20.3. The Morgan fingerprint density at radius 3 is 2.36 bits per heavy atom. The maximum Gasteiger partial charge on any atom is 0.289 e. The van der Waals surface area contributed by atoms with Gasteiger partial charge >= 0.3 is 0 Å². The van der Waals surface area contributed by atoms with Gasteiger partial charge in [-0.1, -0.05) is 40.9 Å². The fraction of sp³-hybridized carbons (Fsp3) is 0.429. The van der Waals surface area contributed by atoms with Crippen LogP contribution >= 0.6 is 34.8 Å². The summed E-state index contributed by atoms with van der Waals surface area (Å²) in [6.45, 7) is 3.73. The number of rotatable bonds is 4. The average Bonchev–Trinajstić information content (AvgIpc) is 3.36. The number of carbonyl (C=O) groups is 3. The Labute approximate surface area is 242 Å². The summed E-state index contributed by atoms with van der Waals surface area (Å²) >= 11 is 18.7. The van der Waals surface area contributed by atoms with Crippen LogP contribution in [0.2, 0.25) is 15.1 Å². The molecule has 0 spiro atoms. The van der Waals surface area contributed by atoms with Crippen molar-refractivity contribution in [2.24, 2.45) is 5.92 Å². The van der Waals surface area contributed by atoms with Crippen LogP contribution in [0.4, 0.5) is 0 Å². The van der Waals surface area contributed by atoms with Gasteiger partial charge in [0.15, 0.2) is 5.82 Å². The molecule has 0 aliphatic carbocycles. The number of fused-ring (bicyclic) bond motifs is 1. The number of hydrogen-bond donors (Lipinski definition) is 1. The van der Waals surface area contributed by atoms with E-state index in [1.165, 1.54) is 0 Å². The molecule has 0 bridgehead atoms. The molecule has 2 aliphatic heterocycles. The number of hydrogen-bond acceptors (Lipinski definition) is 4. The van der Waals surface area contributed by atoms with Gasteiger partial charge in [0, 0.05) is 63.1 Å². The molecule has 2 fully saturated rings. The number of aromatic nitrogens is 2. The lowest BCUT2D eigenvalue weighted by molar-refractivity contribution is -0.141. The fourth-order valence-electron chi connectivity index (χ4n) is 5.77. The number of imidazole rings is 1. The Morgan fingerprint density at radius 2 is 1.67 bits per heavy atom. The quantitative estimate of drug-likeness (QED) is 0.450. The van der Waals surface area contributed by atoms with Crippen molar-refractivity contribution in [3.05, 3.63) is 62.9 Å². The van der Waals surface area contributed by atoms with Crippen LogP contribution in [0.25, 0.3) is 11.0 Å². The van der Waals surface area contributed by atoms with Crippen LogP contribution in [0, 0.1) is 5.92 Å². The van der Waals surface area contributed by atoms with E-state index in [0.29, 0.717) is 66.0 Å². The molecule has 2 aliphatic rings. The molecule has 11 heteroatoms. The summed E-state index contributed by atoms with van der Waals surface area (Å²) in [4.78, 5) is 51.8. The third-order valence-corrected chi connectivity index (χ3v) is 8.99. The highest BCUT2D eigenvalue weighted by Crippen LogP contribution is 2.35. The second-order valence-electron chi connectivity index (χ2n) is 10.4. The number of halogens is 3. The van der Waals surface area contributed by atoms with E-state index in [1.54, 1.807) is 48.0 Å². The van der Waals surface area contributed by atoms with Crippen LogP contribution in [0.5, 0.6) is 0 Å². The molecule has 2 saturated heterocycles. The van der Waals surface area contributed by atoms with Crippen LogP contribution in [-0.4, -0.2) is 81.7 Å². The van der Waals surface area contributed by atoms with E-state index < -0.39 is 0 Å². The van der Waals surface area contributed by atoms with E-state index >= 15 is 0 Å². The highest BCUT2D eigenvalue weighted by molar-refractivity contribution is 6.42. The third kappa shape index (κ3) is 5.74. The highest BCUT2D eigenvalue weighted by atomic mass is 35.5. The fourth-order valence-corrected chi connectivity index (χ4v) is 6.24. The number of piperidine rings is 2. The molecular weight excluding hydrogens is 561 g/mol. The van der Waals surface area contributed by atoms with Crippen molar-refractivity contribution in [2.75, 3.05) is 33.2 Å². The lowest BCUT2D eigenvalue weighted by atomic mass is 9.84. The minimum atomic E-state index is -0.242. The van der Waals surface area contributed by atoms with E-state index in [9.17, 15) is 14.4 Å².